The Bertz CT molecular complexity index is 439. The van der Waals surface area contributed by atoms with Crippen molar-refractivity contribution in [2.45, 2.75) is 32.8 Å². The van der Waals surface area contributed by atoms with Gasteiger partial charge in [0, 0.05) is 6.61 Å². The van der Waals surface area contributed by atoms with E-state index in [0.29, 0.717) is 29.6 Å². The number of nitrogens with zero attached hydrogens (tertiary/aromatic N) is 3. The lowest BCUT2D eigenvalue weighted by Crippen LogP contribution is -2.14. The molecule has 1 atom stereocenters. The summed E-state index contributed by atoms with van der Waals surface area (Å²) in [7, 11) is 0. The minimum atomic E-state index is -0.0752. The third-order valence-electron chi connectivity index (χ3n) is 2.90. The Kier molecular flexibility index (Phi) is 3.25. The Balaban J connectivity index is 2.34. The van der Waals surface area contributed by atoms with Crippen LogP contribution in [0.4, 0.5) is 5.82 Å². The van der Waals surface area contributed by atoms with Gasteiger partial charge in [-0.25, -0.2) is 9.97 Å². The maximum Gasteiger partial charge on any atom is 0.160 e. The first-order valence-corrected chi connectivity index (χ1v) is 5.83. The van der Waals surface area contributed by atoms with Crippen LogP contribution < -0.4 is 5.73 Å². The van der Waals surface area contributed by atoms with E-state index in [2.05, 4.69) is 9.97 Å². The Morgan fingerprint density at radius 1 is 1.53 bits per heavy atom. The molecular weight excluding hydrogens is 216 g/mol. The SMILES string of the molecule is CCOC(c1nc(C)c(C#N)c(N)n1)C1CC1. The fourth-order valence-electron chi connectivity index (χ4n) is 1.88. The molecule has 1 aromatic rings. The van der Waals surface area contributed by atoms with Crippen LogP contribution in [0.25, 0.3) is 0 Å². The van der Waals surface area contributed by atoms with Gasteiger partial charge in [-0.2, -0.15) is 5.26 Å². The molecule has 2 N–H and O–H groups in total. The fraction of sp³-hybridized carbons (Fsp3) is 0.583. The van der Waals surface area contributed by atoms with E-state index >= 15 is 0 Å². The van der Waals surface area contributed by atoms with E-state index in [-0.39, 0.29) is 11.9 Å². The first-order valence-electron chi connectivity index (χ1n) is 5.83. The van der Waals surface area contributed by atoms with Crippen LogP contribution in [-0.4, -0.2) is 16.6 Å². The highest BCUT2D eigenvalue weighted by atomic mass is 16.5. The second kappa shape index (κ2) is 4.68. The van der Waals surface area contributed by atoms with Gasteiger partial charge in [0.15, 0.2) is 5.82 Å². The normalized spacial score (nSPS) is 16.5. The maximum absolute atomic E-state index is 8.91. The molecule has 0 spiro atoms. The van der Waals surface area contributed by atoms with Crippen molar-refractivity contribution in [3.63, 3.8) is 0 Å². The lowest BCUT2D eigenvalue weighted by molar-refractivity contribution is 0.0400. The zero-order chi connectivity index (χ0) is 12.4. The number of anilines is 1. The lowest BCUT2D eigenvalue weighted by Gasteiger charge is -2.16. The number of rotatable bonds is 4. The smallest absolute Gasteiger partial charge is 0.160 e. The topological polar surface area (TPSA) is 84.8 Å². The number of hydrogen-bond donors (Lipinski definition) is 1. The summed E-state index contributed by atoms with van der Waals surface area (Å²) in [5, 5.41) is 8.91. The number of nitrogen functional groups attached to an aromatic ring is 1. The van der Waals surface area contributed by atoms with E-state index in [9.17, 15) is 0 Å². The number of aryl methyl sites for hydroxylation is 1. The second-order valence-electron chi connectivity index (χ2n) is 4.25. The van der Waals surface area contributed by atoms with Crippen molar-refractivity contribution >= 4 is 5.82 Å². The first kappa shape index (κ1) is 11.8. The number of nitrogens with two attached hydrogens (primary N) is 1. The monoisotopic (exact) mass is 232 g/mol. The summed E-state index contributed by atoms with van der Waals surface area (Å²) in [5.41, 5.74) is 6.74. The molecule has 0 bridgehead atoms. The van der Waals surface area contributed by atoms with Crippen LogP contribution in [-0.2, 0) is 4.74 Å². The van der Waals surface area contributed by atoms with Crippen LogP contribution in [0, 0.1) is 24.2 Å². The fourth-order valence-corrected chi connectivity index (χ4v) is 1.88. The molecule has 5 heteroatoms. The highest BCUT2D eigenvalue weighted by Crippen LogP contribution is 2.42. The molecule has 1 heterocycles. The quantitative estimate of drug-likeness (QED) is 0.854. The van der Waals surface area contributed by atoms with Gasteiger partial charge >= 0.3 is 0 Å². The Hall–Kier alpha value is -1.67. The molecule has 0 amide bonds. The number of hydrogen-bond acceptors (Lipinski definition) is 5. The van der Waals surface area contributed by atoms with E-state index in [1.165, 1.54) is 0 Å². The van der Waals surface area contributed by atoms with Crippen molar-refractivity contribution in [1.29, 1.82) is 5.26 Å². The summed E-state index contributed by atoms with van der Waals surface area (Å²) in [5.74, 6) is 1.37. The van der Waals surface area contributed by atoms with Crippen molar-refractivity contribution in [1.82, 2.24) is 9.97 Å². The predicted octanol–water partition coefficient (Wildman–Crippen LogP) is 1.73. The van der Waals surface area contributed by atoms with Crippen LogP contribution in [0.15, 0.2) is 0 Å². The summed E-state index contributed by atoms with van der Waals surface area (Å²) in [6, 6.07) is 2.02. The van der Waals surface area contributed by atoms with Crippen molar-refractivity contribution in [3.05, 3.63) is 17.1 Å². The van der Waals surface area contributed by atoms with Gasteiger partial charge in [-0.15, -0.1) is 0 Å². The molecule has 1 unspecified atom stereocenters. The first-order chi connectivity index (χ1) is 8.17. The highest BCUT2D eigenvalue weighted by Gasteiger charge is 2.35. The second-order valence-corrected chi connectivity index (χ2v) is 4.25. The zero-order valence-corrected chi connectivity index (χ0v) is 10.1. The van der Waals surface area contributed by atoms with Gasteiger partial charge in [0.1, 0.15) is 23.6 Å². The zero-order valence-electron chi connectivity index (χ0n) is 10.1. The Morgan fingerprint density at radius 3 is 2.71 bits per heavy atom. The molecule has 17 heavy (non-hydrogen) atoms. The van der Waals surface area contributed by atoms with E-state index in [0.717, 1.165) is 12.8 Å². The number of aromatic nitrogens is 2. The van der Waals surface area contributed by atoms with Gasteiger partial charge in [-0.05, 0) is 32.6 Å². The molecule has 1 saturated carbocycles. The maximum atomic E-state index is 8.91. The van der Waals surface area contributed by atoms with Crippen molar-refractivity contribution in [3.8, 4) is 6.07 Å². The molecule has 2 rings (SSSR count). The lowest BCUT2D eigenvalue weighted by atomic mass is 10.2. The van der Waals surface area contributed by atoms with Crippen LogP contribution in [0.2, 0.25) is 0 Å². The predicted molar refractivity (Wildman–Crippen MR) is 63.0 cm³/mol. The van der Waals surface area contributed by atoms with Crippen LogP contribution >= 0.6 is 0 Å². The van der Waals surface area contributed by atoms with Gasteiger partial charge in [0.05, 0.1) is 5.69 Å². The van der Waals surface area contributed by atoms with Gasteiger partial charge in [-0.1, -0.05) is 0 Å². The summed E-state index contributed by atoms with van der Waals surface area (Å²) in [4.78, 5) is 8.55. The molecule has 0 radical (unpaired) electrons. The summed E-state index contributed by atoms with van der Waals surface area (Å²) in [6.45, 7) is 4.36. The standard InChI is InChI=1S/C12H16N4O/c1-3-17-10(8-4-5-8)12-15-7(2)9(6-13)11(14)16-12/h8,10H,3-5H2,1-2H3,(H2,14,15,16). The molecule has 1 aliphatic carbocycles. The van der Waals surface area contributed by atoms with Gasteiger partial charge < -0.3 is 10.5 Å². The third kappa shape index (κ3) is 2.37. The minimum absolute atomic E-state index is 0.0752. The van der Waals surface area contributed by atoms with Crippen molar-refractivity contribution in [2.24, 2.45) is 5.92 Å². The van der Waals surface area contributed by atoms with E-state index in [4.69, 9.17) is 15.7 Å². The summed E-state index contributed by atoms with van der Waals surface area (Å²) >= 11 is 0. The van der Waals surface area contributed by atoms with Crippen molar-refractivity contribution in [2.75, 3.05) is 12.3 Å². The van der Waals surface area contributed by atoms with Gasteiger partial charge in [-0.3, -0.25) is 0 Å². The molecule has 0 saturated heterocycles. The molecule has 0 aromatic carbocycles. The summed E-state index contributed by atoms with van der Waals surface area (Å²) in [6.07, 6.45) is 2.22. The van der Waals surface area contributed by atoms with E-state index in [1.807, 2.05) is 13.0 Å². The molecule has 0 aliphatic heterocycles. The molecule has 1 aliphatic rings. The van der Waals surface area contributed by atoms with Crippen molar-refractivity contribution < 1.29 is 4.74 Å². The Labute approximate surface area is 101 Å². The molecule has 90 valence electrons. The third-order valence-corrected chi connectivity index (χ3v) is 2.90. The molecule has 1 aromatic heterocycles. The van der Waals surface area contributed by atoms with Gasteiger partial charge in [0.2, 0.25) is 0 Å². The van der Waals surface area contributed by atoms with Crippen LogP contribution in [0.3, 0.4) is 0 Å². The van der Waals surface area contributed by atoms with E-state index < -0.39 is 0 Å². The molecule has 1 fully saturated rings. The highest BCUT2D eigenvalue weighted by molar-refractivity contribution is 5.50. The summed E-state index contributed by atoms with van der Waals surface area (Å²) < 4.78 is 5.67. The molecule has 5 nitrogen and oxygen atoms in total. The largest absolute Gasteiger partial charge is 0.382 e. The average molecular weight is 232 g/mol. The average Bonchev–Trinajstić information content (AvgIpc) is 3.09. The van der Waals surface area contributed by atoms with Crippen LogP contribution in [0.5, 0.6) is 0 Å². The molecular formula is C12H16N4O. The number of nitriles is 1. The van der Waals surface area contributed by atoms with Crippen LogP contribution in [0.1, 0.15) is 43.0 Å². The Morgan fingerprint density at radius 2 is 2.24 bits per heavy atom. The van der Waals surface area contributed by atoms with Gasteiger partial charge in [0.25, 0.3) is 0 Å². The van der Waals surface area contributed by atoms with E-state index in [1.54, 1.807) is 6.92 Å². The number of ether oxygens (including phenoxy) is 1. The minimum Gasteiger partial charge on any atom is -0.382 e.